The van der Waals surface area contributed by atoms with Crippen LogP contribution in [0.2, 0.25) is 0 Å². The second-order valence-corrected chi connectivity index (χ2v) is 7.59. The van der Waals surface area contributed by atoms with E-state index in [1.165, 1.54) is 12.1 Å². The molecule has 1 heterocycles. The Hall–Kier alpha value is -4.62. The number of hydrogen-bond acceptors (Lipinski definition) is 10. The third-order valence-corrected chi connectivity index (χ3v) is 5.14. The van der Waals surface area contributed by atoms with E-state index in [2.05, 4.69) is 10.6 Å². The number of benzene rings is 2. The quantitative estimate of drug-likeness (QED) is 0.363. The predicted molar refractivity (Wildman–Crippen MR) is 125 cm³/mol. The Labute approximate surface area is 198 Å². The molecule has 0 aliphatic carbocycles. The summed E-state index contributed by atoms with van der Waals surface area (Å²) in [6, 6.07) is 4.83. The molecule has 0 spiro atoms. The second kappa shape index (κ2) is 11.0. The number of nitrogens with zero attached hydrogens (tertiary/aromatic N) is 2. The molecule has 14 nitrogen and oxygen atoms in total. The SMILES string of the molecule is NC(=O)c1cc2c(c([N+](=O)[O-])c1)NCCCCNc1c(cc(C(N)=O)cc1[N+](=O)[O-])OCCCO2. The van der Waals surface area contributed by atoms with E-state index in [0.29, 0.717) is 25.9 Å². The Morgan fingerprint density at radius 3 is 1.49 bits per heavy atom. The molecule has 3 rings (SSSR count). The number of carbonyl (C=O) groups is 2. The van der Waals surface area contributed by atoms with Crippen LogP contribution in [0, 0.1) is 20.2 Å². The van der Waals surface area contributed by atoms with Gasteiger partial charge in [0.15, 0.2) is 11.4 Å². The number of ether oxygens (including phenoxy) is 2. The lowest BCUT2D eigenvalue weighted by Gasteiger charge is -2.15. The molecule has 0 unspecified atom stereocenters. The Balaban J connectivity index is 1.90. The zero-order valence-electron chi connectivity index (χ0n) is 18.6. The van der Waals surface area contributed by atoms with Crippen LogP contribution in [-0.2, 0) is 0 Å². The van der Waals surface area contributed by atoms with Gasteiger partial charge >= 0.3 is 0 Å². The average molecular weight is 488 g/mol. The Morgan fingerprint density at radius 1 is 0.743 bits per heavy atom. The normalized spacial score (nSPS) is 14.2. The summed E-state index contributed by atoms with van der Waals surface area (Å²) in [7, 11) is 0. The Bertz CT molecular complexity index is 1080. The standard InChI is InChI=1S/C21H24N6O8/c22-20(28)12-8-14(26(30)31)18-16(10-12)34-6-3-7-35-17-11-13(21(23)29)9-15(27(32)33)19(17)25-5-2-1-4-24-18/h8-11,24-25H,1-7H2,(H2,22,28)(H2,23,29). The molecule has 0 bridgehead atoms. The first-order chi connectivity index (χ1) is 16.7. The highest BCUT2D eigenvalue weighted by molar-refractivity contribution is 5.96. The summed E-state index contributed by atoms with van der Waals surface area (Å²) in [6.07, 6.45) is 1.33. The first-order valence-corrected chi connectivity index (χ1v) is 10.7. The number of nitrogens with two attached hydrogens (primary N) is 2. The summed E-state index contributed by atoms with van der Waals surface area (Å²) in [5, 5.41) is 29.2. The molecule has 186 valence electrons. The highest BCUT2D eigenvalue weighted by Crippen LogP contribution is 2.38. The van der Waals surface area contributed by atoms with Crippen LogP contribution < -0.4 is 31.6 Å². The molecular formula is C21H24N6O8. The Kier molecular flexibility index (Phi) is 7.86. The molecule has 0 saturated carbocycles. The van der Waals surface area contributed by atoms with Crippen LogP contribution in [0.25, 0.3) is 0 Å². The fourth-order valence-corrected chi connectivity index (χ4v) is 3.46. The number of fused-ring (bicyclic) bond motifs is 2. The largest absolute Gasteiger partial charge is 0.491 e. The molecule has 0 atom stereocenters. The zero-order valence-corrected chi connectivity index (χ0v) is 18.6. The number of anilines is 2. The van der Waals surface area contributed by atoms with Crippen molar-refractivity contribution in [1.29, 1.82) is 0 Å². The predicted octanol–water partition coefficient (Wildman–Crippen LogP) is 2.17. The molecule has 0 saturated heterocycles. The lowest BCUT2D eigenvalue weighted by Crippen LogP contribution is -2.14. The minimum atomic E-state index is -0.840. The van der Waals surface area contributed by atoms with E-state index in [0.717, 1.165) is 12.1 Å². The lowest BCUT2D eigenvalue weighted by molar-refractivity contribution is -0.384. The van der Waals surface area contributed by atoms with Gasteiger partial charge < -0.3 is 31.6 Å². The van der Waals surface area contributed by atoms with E-state index < -0.39 is 21.7 Å². The van der Waals surface area contributed by atoms with E-state index in [1.54, 1.807) is 0 Å². The van der Waals surface area contributed by atoms with Crippen molar-refractivity contribution in [3.05, 3.63) is 55.6 Å². The van der Waals surface area contributed by atoms with Gasteiger partial charge in [-0.05, 0) is 25.0 Å². The van der Waals surface area contributed by atoms with Gasteiger partial charge in [-0.25, -0.2) is 0 Å². The highest BCUT2D eigenvalue weighted by Gasteiger charge is 2.24. The van der Waals surface area contributed by atoms with Crippen LogP contribution in [0.15, 0.2) is 24.3 Å². The van der Waals surface area contributed by atoms with Crippen LogP contribution in [0.1, 0.15) is 40.0 Å². The first kappa shape index (κ1) is 25.0. The van der Waals surface area contributed by atoms with E-state index >= 15 is 0 Å². The second-order valence-electron chi connectivity index (χ2n) is 7.59. The molecule has 2 aromatic rings. The van der Waals surface area contributed by atoms with Crippen molar-refractivity contribution in [2.24, 2.45) is 11.5 Å². The lowest BCUT2D eigenvalue weighted by atomic mass is 10.1. The van der Waals surface area contributed by atoms with Gasteiger partial charge in [0.25, 0.3) is 11.4 Å². The maximum absolute atomic E-state index is 11.6. The third kappa shape index (κ3) is 6.04. The maximum atomic E-state index is 11.6. The number of nitro benzene ring substituents is 2. The van der Waals surface area contributed by atoms with Crippen LogP contribution in [0.4, 0.5) is 22.7 Å². The summed E-state index contributed by atoms with van der Waals surface area (Å²) >= 11 is 0. The summed E-state index contributed by atoms with van der Waals surface area (Å²) in [6.45, 7) is 0.713. The summed E-state index contributed by atoms with van der Waals surface area (Å²) in [5.41, 5.74) is 10.0. The third-order valence-electron chi connectivity index (χ3n) is 5.14. The van der Waals surface area contributed by atoms with Crippen LogP contribution in [-0.4, -0.2) is 48.0 Å². The molecule has 14 heteroatoms. The Morgan fingerprint density at radius 2 is 1.14 bits per heavy atom. The smallest absolute Gasteiger partial charge is 0.296 e. The van der Waals surface area contributed by atoms with Gasteiger partial charge in [0.2, 0.25) is 11.8 Å². The maximum Gasteiger partial charge on any atom is 0.296 e. The number of nitro groups is 2. The van der Waals surface area contributed by atoms with E-state index in [4.69, 9.17) is 20.9 Å². The number of nitrogens with one attached hydrogen (secondary N) is 2. The van der Waals surface area contributed by atoms with Crippen molar-refractivity contribution >= 4 is 34.6 Å². The van der Waals surface area contributed by atoms with Gasteiger partial charge in [-0.15, -0.1) is 0 Å². The molecule has 6 N–H and O–H groups in total. The zero-order chi connectivity index (χ0) is 25.5. The monoisotopic (exact) mass is 488 g/mol. The van der Waals surface area contributed by atoms with Crippen molar-refractivity contribution in [1.82, 2.24) is 0 Å². The van der Waals surface area contributed by atoms with Gasteiger partial charge in [0, 0.05) is 42.8 Å². The van der Waals surface area contributed by atoms with Crippen LogP contribution in [0.5, 0.6) is 11.5 Å². The molecule has 0 radical (unpaired) electrons. The van der Waals surface area contributed by atoms with Crippen LogP contribution in [0.3, 0.4) is 0 Å². The minimum Gasteiger partial charge on any atom is -0.491 e. The van der Waals surface area contributed by atoms with Gasteiger partial charge in [-0.2, -0.15) is 0 Å². The fraction of sp³-hybridized carbons (Fsp3) is 0.333. The van der Waals surface area contributed by atoms with Crippen molar-refractivity contribution in [2.75, 3.05) is 36.9 Å². The van der Waals surface area contributed by atoms with E-state index in [1.807, 2.05) is 0 Å². The minimum absolute atomic E-state index is 0.0361. The molecule has 2 aromatic carbocycles. The molecule has 35 heavy (non-hydrogen) atoms. The molecular weight excluding hydrogens is 464 g/mol. The highest BCUT2D eigenvalue weighted by atomic mass is 16.6. The summed E-state index contributed by atoms with van der Waals surface area (Å²) < 4.78 is 11.4. The van der Waals surface area contributed by atoms with Crippen LogP contribution >= 0.6 is 0 Å². The average Bonchev–Trinajstić information content (AvgIpc) is 2.81. The van der Waals surface area contributed by atoms with Crippen molar-refractivity contribution in [2.45, 2.75) is 19.3 Å². The van der Waals surface area contributed by atoms with Gasteiger partial charge in [0.1, 0.15) is 11.5 Å². The van der Waals surface area contributed by atoms with Crippen molar-refractivity contribution in [3.63, 3.8) is 0 Å². The number of carbonyl (C=O) groups excluding carboxylic acids is 2. The van der Waals surface area contributed by atoms with Gasteiger partial charge in [-0.3, -0.25) is 29.8 Å². The van der Waals surface area contributed by atoms with Crippen molar-refractivity contribution in [3.8, 4) is 11.5 Å². The molecule has 1 aliphatic heterocycles. The number of hydrogen-bond donors (Lipinski definition) is 4. The van der Waals surface area contributed by atoms with E-state index in [9.17, 15) is 29.8 Å². The molecule has 0 aromatic heterocycles. The molecule has 1 aliphatic rings. The molecule has 0 fully saturated rings. The molecule has 2 amide bonds. The van der Waals surface area contributed by atoms with Crippen molar-refractivity contribution < 1.29 is 28.9 Å². The fourth-order valence-electron chi connectivity index (χ4n) is 3.46. The number of amides is 2. The summed E-state index contributed by atoms with van der Waals surface area (Å²) in [5.74, 6) is -1.50. The summed E-state index contributed by atoms with van der Waals surface area (Å²) in [4.78, 5) is 45.2. The number of rotatable bonds is 4. The van der Waals surface area contributed by atoms with Gasteiger partial charge in [-0.1, -0.05) is 0 Å². The number of primary amides is 2. The van der Waals surface area contributed by atoms with E-state index in [-0.39, 0.29) is 65.0 Å². The van der Waals surface area contributed by atoms with Gasteiger partial charge in [0.05, 0.1) is 23.1 Å². The first-order valence-electron chi connectivity index (χ1n) is 10.7. The topological polar surface area (TPSA) is 215 Å².